The maximum Gasteiger partial charge on any atom is 0.191 e. The molecule has 0 bridgehead atoms. The molecule has 0 atom stereocenters. The first-order valence-electron chi connectivity index (χ1n) is 5.68. The van der Waals surface area contributed by atoms with Crippen molar-refractivity contribution in [3.05, 3.63) is 64.2 Å². The van der Waals surface area contributed by atoms with Crippen molar-refractivity contribution < 1.29 is 13.5 Å². The lowest BCUT2D eigenvalue weighted by atomic mass is 10.1. The maximum absolute atomic E-state index is 13.4. The van der Waals surface area contributed by atoms with Crippen LogP contribution in [0.5, 0.6) is 5.75 Å². The van der Waals surface area contributed by atoms with E-state index in [0.29, 0.717) is 16.1 Å². The molecule has 20 heavy (non-hydrogen) atoms. The van der Waals surface area contributed by atoms with Crippen LogP contribution in [0.15, 0.2) is 36.4 Å². The number of benzene rings is 2. The third-order valence-electron chi connectivity index (χ3n) is 2.66. The molecule has 0 aliphatic heterocycles. The summed E-state index contributed by atoms with van der Waals surface area (Å²) in [7, 11) is 0. The Kier molecular flexibility index (Phi) is 4.20. The molecule has 0 radical (unpaired) electrons. The Morgan fingerprint density at radius 3 is 2.40 bits per heavy atom. The molecule has 0 unspecified atom stereocenters. The first kappa shape index (κ1) is 14.3. The molecule has 0 saturated heterocycles. The number of amidine groups is 1. The first-order chi connectivity index (χ1) is 9.49. The summed E-state index contributed by atoms with van der Waals surface area (Å²) in [4.78, 5) is 0. The Morgan fingerprint density at radius 2 is 1.85 bits per heavy atom. The fourth-order valence-corrected chi connectivity index (χ4v) is 1.84. The van der Waals surface area contributed by atoms with Gasteiger partial charge in [0.15, 0.2) is 17.4 Å². The Bertz CT molecular complexity index is 641. The molecule has 2 aromatic rings. The quantitative estimate of drug-likeness (QED) is 0.670. The van der Waals surface area contributed by atoms with Crippen LogP contribution in [0.1, 0.15) is 11.1 Å². The van der Waals surface area contributed by atoms with Gasteiger partial charge in [0, 0.05) is 16.1 Å². The largest absolute Gasteiger partial charge is 0.483 e. The van der Waals surface area contributed by atoms with Crippen LogP contribution < -0.4 is 10.5 Å². The van der Waals surface area contributed by atoms with Crippen LogP contribution in [0.3, 0.4) is 0 Å². The van der Waals surface area contributed by atoms with Gasteiger partial charge in [-0.3, -0.25) is 5.41 Å². The van der Waals surface area contributed by atoms with E-state index in [1.807, 2.05) is 0 Å². The number of hydrogen-bond donors (Lipinski definition) is 2. The van der Waals surface area contributed by atoms with Crippen molar-refractivity contribution in [2.45, 2.75) is 6.61 Å². The van der Waals surface area contributed by atoms with Gasteiger partial charge in [-0.05, 0) is 18.2 Å². The van der Waals surface area contributed by atoms with E-state index >= 15 is 0 Å². The molecule has 0 saturated carbocycles. The van der Waals surface area contributed by atoms with Crippen LogP contribution >= 0.6 is 11.6 Å². The Morgan fingerprint density at radius 1 is 1.20 bits per heavy atom. The summed E-state index contributed by atoms with van der Waals surface area (Å²) in [6.07, 6.45) is 0. The highest BCUT2D eigenvalue weighted by molar-refractivity contribution is 6.31. The fraction of sp³-hybridized carbons (Fsp3) is 0.0714. The molecule has 0 aliphatic rings. The van der Waals surface area contributed by atoms with E-state index in [1.54, 1.807) is 12.1 Å². The molecule has 2 aromatic carbocycles. The first-order valence-corrected chi connectivity index (χ1v) is 6.06. The molecule has 0 spiro atoms. The van der Waals surface area contributed by atoms with E-state index < -0.39 is 17.4 Å². The summed E-state index contributed by atoms with van der Waals surface area (Å²) >= 11 is 6.00. The summed E-state index contributed by atoms with van der Waals surface area (Å²) < 4.78 is 31.9. The summed E-state index contributed by atoms with van der Waals surface area (Å²) in [6.45, 7) is -0.0884. The summed E-state index contributed by atoms with van der Waals surface area (Å²) in [5.74, 6) is -2.11. The summed E-state index contributed by atoms with van der Waals surface area (Å²) in [5.41, 5.74) is 6.34. The molecule has 0 aromatic heterocycles. The minimum Gasteiger partial charge on any atom is -0.483 e. The predicted molar refractivity (Wildman–Crippen MR) is 73.2 cm³/mol. The average Bonchev–Trinajstić information content (AvgIpc) is 2.39. The second-order valence-electron chi connectivity index (χ2n) is 4.06. The zero-order valence-electron chi connectivity index (χ0n) is 10.3. The number of ether oxygens (including phenoxy) is 1. The average molecular weight is 297 g/mol. The Balaban J connectivity index is 2.17. The van der Waals surface area contributed by atoms with Crippen LogP contribution in [-0.2, 0) is 6.61 Å². The van der Waals surface area contributed by atoms with Gasteiger partial charge in [-0.2, -0.15) is 0 Å². The van der Waals surface area contributed by atoms with Crippen molar-refractivity contribution in [3.63, 3.8) is 0 Å². The number of hydrogen-bond acceptors (Lipinski definition) is 2. The van der Waals surface area contributed by atoms with Crippen LogP contribution in [0.4, 0.5) is 8.78 Å². The minimum absolute atomic E-state index is 0.0884. The van der Waals surface area contributed by atoms with Gasteiger partial charge in [-0.15, -0.1) is 0 Å². The second kappa shape index (κ2) is 5.88. The van der Waals surface area contributed by atoms with Gasteiger partial charge in [0.05, 0.1) is 0 Å². The molecule has 0 fully saturated rings. The lowest BCUT2D eigenvalue weighted by Gasteiger charge is -2.10. The maximum atomic E-state index is 13.4. The molecule has 3 nitrogen and oxygen atoms in total. The minimum atomic E-state index is -0.776. The SMILES string of the molecule is N=C(N)c1ccc(COc2c(F)cccc2F)c(Cl)c1. The lowest BCUT2D eigenvalue weighted by molar-refractivity contribution is 0.274. The fourth-order valence-electron chi connectivity index (χ4n) is 1.60. The molecular weight excluding hydrogens is 286 g/mol. The van der Waals surface area contributed by atoms with Gasteiger partial charge >= 0.3 is 0 Å². The third-order valence-corrected chi connectivity index (χ3v) is 3.01. The molecule has 2 rings (SSSR count). The number of halogens is 3. The van der Waals surface area contributed by atoms with E-state index in [9.17, 15) is 8.78 Å². The lowest BCUT2D eigenvalue weighted by Crippen LogP contribution is -2.11. The van der Waals surface area contributed by atoms with Gasteiger partial charge in [-0.25, -0.2) is 8.78 Å². The van der Waals surface area contributed by atoms with Crippen molar-refractivity contribution in [3.8, 4) is 5.75 Å². The number of nitrogen functional groups attached to an aromatic ring is 1. The Hall–Kier alpha value is -2.14. The van der Waals surface area contributed by atoms with Crippen LogP contribution in [0, 0.1) is 17.0 Å². The van der Waals surface area contributed by atoms with Crippen molar-refractivity contribution in [2.24, 2.45) is 5.73 Å². The van der Waals surface area contributed by atoms with Gasteiger partial charge in [0.25, 0.3) is 0 Å². The predicted octanol–water partition coefficient (Wildman–Crippen LogP) is 3.48. The molecular formula is C14H11ClF2N2O. The summed E-state index contributed by atoms with van der Waals surface area (Å²) in [6, 6.07) is 8.16. The van der Waals surface area contributed by atoms with Crippen molar-refractivity contribution in [1.29, 1.82) is 5.41 Å². The highest BCUT2D eigenvalue weighted by Crippen LogP contribution is 2.24. The van der Waals surface area contributed by atoms with Gasteiger partial charge in [0.1, 0.15) is 12.4 Å². The standard InChI is InChI=1S/C14H11ClF2N2O/c15-10-6-8(14(18)19)4-5-9(10)7-20-13-11(16)2-1-3-12(13)17/h1-6H,7H2,(H3,18,19). The highest BCUT2D eigenvalue weighted by Gasteiger charge is 2.11. The van der Waals surface area contributed by atoms with E-state index in [2.05, 4.69) is 0 Å². The van der Waals surface area contributed by atoms with Crippen LogP contribution in [-0.4, -0.2) is 5.84 Å². The zero-order chi connectivity index (χ0) is 14.7. The van der Waals surface area contributed by atoms with E-state index in [0.717, 1.165) is 12.1 Å². The van der Waals surface area contributed by atoms with Crippen molar-refractivity contribution in [2.75, 3.05) is 0 Å². The number of para-hydroxylation sites is 1. The van der Waals surface area contributed by atoms with Gasteiger partial charge in [0.2, 0.25) is 0 Å². The monoisotopic (exact) mass is 296 g/mol. The highest BCUT2D eigenvalue weighted by atomic mass is 35.5. The van der Waals surface area contributed by atoms with Gasteiger partial charge < -0.3 is 10.5 Å². The van der Waals surface area contributed by atoms with Crippen molar-refractivity contribution >= 4 is 17.4 Å². The normalized spacial score (nSPS) is 10.3. The van der Waals surface area contributed by atoms with Crippen LogP contribution in [0.2, 0.25) is 5.02 Å². The third kappa shape index (κ3) is 3.05. The van der Waals surface area contributed by atoms with E-state index in [1.165, 1.54) is 12.1 Å². The smallest absolute Gasteiger partial charge is 0.191 e. The molecule has 0 aliphatic carbocycles. The summed E-state index contributed by atoms with van der Waals surface area (Å²) in [5, 5.41) is 7.60. The topological polar surface area (TPSA) is 59.1 Å². The molecule has 0 amide bonds. The zero-order valence-corrected chi connectivity index (χ0v) is 11.0. The molecule has 0 heterocycles. The molecule has 6 heteroatoms. The number of nitrogens with one attached hydrogen (secondary N) is 1. The molecule has 3 N–H and O–H groups in total. The Labute approximate surface area is 119 Å². The molecule has 104 valence electrons. The number of rotatable bonds is 4. The van der Waals surface area contributed by atoms with Crippen LogP contribution in [0.25, 0.3) is 0 Å². The van der Waals surface area contributed by atoms with E-state index in [4.69, 9.17) is 27.5 Å². The van der Waals surface area contributed by atoms with Crippen molar-refractivity contribution in [1.82, 2.24) is 0 Å². The second-order valence-corrected chi connectivity index (χ2v) is 4.47. The van der Waals surface area contributed by atoms with Gasteiger partial charge in [-0.1, -0.05) is 29.8 Å². The van der Waals surface area contributed by atoms with E-state index in [-0.39, 0.29) is 12.4 Å². The number of nitrogens with two attached hydrogens (primary N) is 1.